The van der Waals surface area contributed by atoms with Crippen molar-refractivity contribution in [1.82, 2.24) is 10.2 Å². The van der Waals surface area contributed by atoms with E-state index in [0.717, 1.165) is 57.7 Å². The van der Waals surface area contributed by atoms with Crippen LogP contribution in [0.5, 0.6) is 0 Å². The number of rotatable bonds is 5. The maximum absolute atomic E-state index is 12.7. The van der Waals surface area contributed by atoms with E-state index in [1.165, 1.54) is 24.0 Å². The van der Waals surface area contributed by atoms with Crippen LogP contribution in [0, 0.1) is 12.8 Å². The summed E-state index contributed by atoms with van der Waals surface area (Å²) in [5.74, 6) is 1.14. The number of nitrogens with zero attached hydrogens (tertiary/aromatic N) is 1. The highest BCUT2D eigenvalue weighted by molar-refractivity contribution is 5.76. The van der Waals surface area contributed by atoms with E-state index in [-0.39, 0.29) is 0 Å². The smallest absolute Gasteiger partial charge is 0.222 e. The third kappa shape index (κ3) is 4.57. The first kappa shape index (κ1) is 16.5. The van der Waals surface area contributed by atoms with E-state index in [1.807, 2.05) is 0 Å². The van der Waals surface area contributed by atoms with Gasteiger partial charge in [-0.05, 0) is 70.0 Å². The van der Waals surface area contributed by atoms with Crippen LogP contribution < -0.4 is 5.32 Å². The molecule has 0 spiro atoms. The van der Waals surface area contributed by atoms with Gasteiger partial charge >= 0.3 is 0 Å². The molecule has 2 heterocycles. The largest absolute Gasteiger partial charge is 0.339 e. The topological polar surface area (TPSA) is 32.3 Å². The van der Waals surface area contributed by atoms with Crippen LogP contribution in [0.2, 0.25) is 0 Å². The second-order valence-corrected chi connectivity index (χ2v) is 7.30. The molecular formula is C20H30N2O. The Labute approximate surface area is 140 Å². The van der Waals surface area contributed by atoms with Gasteiger partial charge in [-0.1, -0.05) is 29.8 Å². The minimum Gasteiger partial charge on any atom is -0.339 e. The molecule has 126 valence electrons. The van der Waals surface area contributed by atoms with E-state index < -0.39 is 0 Å². The predicted molar refractivity (Wildman–Crippen MR) is 94.4 cm³/mol. The van der Waals surface area contributed by atoms with Crippen LogP contribution in [0.3, 0.4) is 0 Å². The van der Waals surface area contributed by atoms with Gasteiger partial charge < -0.3 is 10.2 Å². The van der Waals surface area contributed by atoms with Crippen LogP contribution >= 0.6 is 0 Å². The highest BCUT2D eigenvalue weighted by Gasteiger charge is 2.28. The fourth-order valence-electron chi connectivity index (χ4n) is 4.01. The monoisotopic (exact) mass is 314 g/mol. The molecule has 1 unspecified atom stereocenters. The number of carbonyl (C=O) groups excluding carboxylic acids is 1. The Kier molecular flexibility index (Phi) is 5.71. The van der Waals surface area contributed by atoms with Crippen molar-refractivity contribution in [3.63, 3.8) is 0 Å². The van der Waals surface area contributed by atoms with Gasteiger partial charge in [-0.3, -0.25) is 4.79 Å². The lowest BCUT2D eigenvalue weighted by atomic mass is 9.93. The van der Waals surface area contributed by atoms with Gasteiger partial charge in [0, 0.05) is 19.0 Å². The maximum Gasteiger partial charge on any atom is 0.222 e. The molecule has 0 aliphatic carbocycles. The summed E-state index contributed by atoms with van der Waals surface area (Å²) >= 11 is 0. The minimum atomic E-state index is 0.387. The Balaban J connectivity index is 1.51. The molecule has 3 heteroatoms. The summed E-state index contributed by atoms with van der Waals surface area (Å²) in [6.07, 6.45) is 7.63. The Morgan fingerprint density at radius 2 is 1.91 bits per heavy atom. The molecule has 23 heavy (non-hydrogen) atoms. The van der Waals surface area contributed by atoms with Gasteiger partial charge in [0.15, 0.2) is 0 Å². The van der Waals surface area contributed by atoms with Crippen LogP contribution in [-0.2, 0) is 11.2 Å². The van der Waals surface area contributed by atoms with Crippen molar-refractivity contribution in [2.45, 2.75) is 57.9 Å². The second kappa shape index (κ2) is 7.96. The third-order valence-electron chi connectivity index (χ3n) is 5.51. The van der Waals surface area contributed by atoms with Gasteiger partial charge in [0.1, 0.15) is 0 Å². The summed E-state index contributed by atoms with van der Waals surface area (Å²) in [5, 5.41) is 3.40. The summed E-state index contributed by atoms with van der Waals surface area (Å²) in [6, 6.07) is 9.19. The Hall–Kier alpha value is -1.35. The molecule has 1 aromatic carbocycles. The number of hydrogen-bond acceptors (Lipinski definition) is 2. The molecule has 0 bridgehead atoms. The van der Waals surface area contributed by atoms with Crippen molar-refractivity contribution in [2.75, 3.05) is 19.6 Å². The van der Waals surface area contributed by atoms with Crippen LogP contribution in [0.25, 0.3) is 0 Å². The molecule has 2 aliphatic heterocycles. The Morgan fingerprint density at radius 3 is 2.65 bits per heavy atom. The van der Waals surface area contributed by atoms with E-state index in [0.29, 0.717) is 11.9 Å². The highest BCUT2D eigenvalue weighted by Crippen LogP contribution is 2.24. The van der Waals surface area contributed by atoms with E-state index >= 15 is 0 Å². The molecular weight excluding hydrogens is 284 g/mol. The summed E-state index contributed by atoms with van der Waals surface area (Å²) in [5.41, 5.74) is 2.66. The van der Waals surface area contributed by atoms with Gasteiger partial charge in [0.05, 0.1) is 0 Å². The second-order valence-electron chi connectivity index (χ2n) is 7.30. The van der Waals surface area contributed by atoms with E-state index in [2.05, 4.69) is 41.4 Å². The van der Waals surface area contributed by atoms with Crippen LogP contribution in [0.15, 0.2) is 24.3 Å². The van der Waals surface area contributed by atoms with Crippen molar-refractivity contribution in [3.05, 3.63) is 35.4 Å². The van der Waals surface area contributed by atoms with Gasteiger partial charge in [0.25, 0.3) is 0 Å². The zero-order valence-electron chi connectivity index (χ0n) is 14.4. The standard InChI is InChI=1S/C20H30N2O/c1-16-4-6-18(7-5-16)15-19-3-2-14-22(19)20(23)9-8-17-10-12-21-13-11-17/h4-7,17,19,21H,2-3,8-15H2,1H3. The zero-order chi connectivity index (χ0) is 16.1. The molecule has 1 N–H and O–H groups in total. The van der Waals surface area contributed by atoms with Crippen molar-refractivity contribution in [3.8, 4) is 0 Å². The van der Waals surface area contributed by atoms with Crippen molar-refractivity contribution >= 4 is 5.91 Å². The number of likely N-dealkylation sites (tertiary alicyclic amines) is 1. The predicted octanol–water partition coefficient (Wildman–Crippen LogP) is 3.31. The average molecular weight is 314 g/mol. The Morgan fingerprint density at radius 1 is 1.17 bits per heavy atom. The lowest BCUT2D eigenvalue weighted by Gasteiger charge is -2.27. The van der Waals surface area contributed by atoms with Crippen LogP contribution in [-0.4, -0.2) is 36.5 Å². The Bertz CT molecular complexity index is 505. The average Bonchev–Trinajstić information content (AvgIpc) is 3.04. The first-order valence-corrected chi connectivity index (χ1v) is 9.28. The first-order valence-electron chi connectivity index (χ1n) is 9.28. The van der Waals surface area contributed by atoms with Crippen molar-refractivity contribution in [1.29, 1.82) is 0 Å². The molecule has 0 saturated carbocycles. The van der Waals surface area contributed by atoms with Crippen molar-refractivity contribution < 1.29 is 4.79 Å². The normalized spacial score (nSPS) is 22.5. The van der Waals surface area contributed by atoms with E-state index in [4.69, 9.17) is 0 Å². The fraction of sp³-hybridized carbons (Fsp3) is 0.650. The molecule has 3 rings (SSSR count). The lowest BCUT2D eigenvalue weighted by molar-refractivity contribution is -0.132. The zero-order valence-corrected chi connectivity index (χ0v) is 14.4. The maximum atomic E-state index is 12.7. The summed E-state index contributed by atoms with van der Waals surface area (Å²) in [7, 11) is 0. The molecule has 3 nitrogen and oxygen atoms in total. The quantitative estimate of drug-likeness (QED) is 0.904. The number of carbonyl (C=O) groups is 1. The van der Waals surface area contributed by atoms with Gasteiger partial charge in [-0.15, -0.1) is 0 Å². The first-order chi connectivity index (χ1) is 11.2. The van der Waals surface area contributed by atoms with E-state index in [1.54, 1.807) is 0 Å². The van der Waals surface area contributed by atoms with E-state index in [9.17, 15) is 4.79 Å². The SMILES string of the molecule is Cc1ccc(CC2CCCN2C(=O)CCC2CCNCC2)cc1. The number of nitrogens with one attached hydrogen (secondary N) is 1. The minimum absolute atomic E-state index is 0.387. The van der Waals surface area contributed by atoms with Gasteiger partial charge in [-0.25, -0.2) is 0 Å². The summed E-state index contributed by atoms with van der Waals surface area (Å²) < 4.78 is 0. The number of piperidine rings is 1. The highest BCUT2D eigenvalue weighted by atomic mass is 16.2. The van der Waals surface area contributed by atoms with Gasteiger partial charge in [0.2, 0.25) is 5.91 Å². The molecule has 0 aromatic heterocycles. The number of amides is 1. The molecule has 0 radical (unpaired) electrons. The molecule has 1 aromatic rings. The van der Waals surface area contributed by atoms with Crippen LogP contribution in [0.1, 0.15) is 49.7 Å². The summed E-state index contributed by atoms with van der Waals surface area (Å²) in [4.78, 5) is 14.8. The lowest BCUT2D eigenvalue weighted by Crippen LogP contribution is -2.37. The third-order valence-corrected chi connectivity index (χ3v) is 5.51. The van der Waals surface area contributed by atoms with Gasteiger partial charge in [-0.2, -0.15) is 0 Å². The molecule has 1 atom stereocenters. The molecule has 2 aliphatic rings. The molecule has 2 fully saturated rings. The number of hydrogen-bond donors (Lipinski definition) is 1. The fourth-order valence-corrected chi connectivity index (χ4v) is 4.01. The molecule has 1 amide bonds. The molecule has 2 saturated heterocycles. The summed E-state index contributed by atoms with van der Waals surface area (Å²) in [6.45, 7) is 5.33. The number of benzene rings is 1. The van der Waals surface area contributed by atoms with Crippen LogP contribution in [0.4, 0.5) is 0 Å². The van der Waals surface area contributed by atoms with Crippen molar-refractivity contribution in [2.24, 2.45) is 5.92 Å². The number of aryl methyl sites for hydroxylation is 1.